The Hall–Kier alpha value is -2.59. The lowest BCUT2D eigenvalue weighted by Gasteiger charge is -2.09. The lowest BCUT2D eigenvalue weighted by Crippen LogP contribution is -2.28. The molecule has 0 radical (unpaired) electrons. The Morgan fingerprint density at radius 1 is 1.14 bits per heavy atom. The summed E-state index contributed by atoms with van der Waals surface area (Å²) in [7, 11) is 0. The molecule has 4 heteroatoms. The van der Waals surface area contributed by atoms with Crippen LogP contribution in [0.1, 0.15) is 0 Å². The summed E-state index contributed by atoms with van der Waals surface area (Å²) in [6.07, 6.45) is 1.76. The molecule has 0 amide bonds. The van der Waals surface area contributed by atoms with Crippen LogP contribution >= 0.6 is 12.2 Å². The molecule has 0 unspecified atom stereocenters. The van der Waals surface area contributed by atoms with Crippen LogP contribution in [0.5, 0.6) is 0 Å². The van der Waals surface area contributed by atoms with Crippen molar-refractivity contribution in [3.63, 3.8) is 0 Å². The molecule has 0 saturated heterocycles. The van der Waals surface area contributed by atoms with Crippen LogP contribution in [0.15, 0.2) is 71.7 Å². The first-order valence-electron chi connectivity index (χ1n) is 7.01. The SMILES string of the molecule is C=CCNC(=S)Nc1ccc(-c2cc3ccccc3o2)cc1. The van der Waals surface area contributed by atoms with Crippen molar-refractivity contribution >= 4 is 34.0 Å². The van der Waals surface area contributed by atoms with Crippen molar-refractivity contribution in [1.82, 2.24) is 5.32 Å². The second-order valence-electron chi connectivity index (χ2n) is 4.85. The molecule has 0 bridgehead atoms. The van der Waals surface area contributed by atoms with E-state index < -0.39 is 0 Å². The van der Waals surface area contributed by atoms with Gasteiger partial charge in [0.2, 0.25) is 0 Å². The van der Waals surface area contributed by atoms with Crippen LogP contribution in [0.25, 0.3) is 22.3 Å². The molecule has 1 heterocycles. The Balaban J connectivity index is 1.76. The summed E-state index contributed by atoms with van der Waals surface area (Å²) in [5.41, 5.74) is 2.86. The summed E-state index contributed by atoms with van der Waals surface area (Å²) in [6, 6.07) is 18.0. The number of fused-ring (bicyclic) bond motifs is 1. The molecular formula is C18H16N2OS. The zero-order valence-electron chi connectivity index (χ0n) is 12.0. The van der Waals surface area contributed by atoms with Gasteiger partial charge >= 0.3 is 0 Å². The van der Waals surface area contributed by atoms with Gasteiger partial charge in [0.15, 0.2) is 5.11 Å². The zero-order chi connectivity index (χ0) is 15.4. The third-order valence-electron chi connectivity index (χ3n) is 3.26. The fourth-order valence-corrected chi connectivity index (χ4v) is 2.38. The number of thiocarbonyl (C=S) groups is 1. The van der Waals surface area contributed by atoms with Crippen molar-refractivity contribution in [2.75, 3.05) is 11.9 Å². The van der Waals surface area contributed by atoms with Crippen LogP contribution in [0.4, 0.5) is 5.69 Å². The number of benzene rings is 2. The summed E-state index contributed by atoms with van der Waals surface area (Å²) in [5, 5.41) is 7.84. The van der Waals surface area contributed by atoms with Gasteiger partial charge in [0.1, 0.15) is 11.3 Å². The fourth-order valence-electron chi connectivity index (χ4n) is 2.18. The smallest absolute Gasteiger partial charge is 0.171 e. The molecule has 3 rings (SSSR count). The first-order chi connectivity index (χ1) is 10.8. The summed E-state index contributed by atoms with van der Waals surface area (Å²) >= 11 is 5.18. The van der Waals surface area contributed by atoms with E-state index in [0.717, 1.165) is 28.0 Å². The Morgan fingerprint density at radius 2 is 1.91 bits per heavy atom. The van der Waals surface area contributed by atoms with Crippen LogP contribution in [-0.2, 0) is 0 Å². The lowest BCUT2D eigenvalue weighted by molar-refractivity contribution is 0.631. The first-order valence-corrected chi connectivity index (χ1v) is 7.42. The number of furan rings is 1. The monoisotopic (exact) mass is 308 g/mol. The molecule has 2 N–H and O–H groups in total. The molecule has 2 aromatic carbocycles. The maximum absolute atomic E-state index is 5.86. The minimum absolute atomic E-state index is 0.580. The van der Waals surface area contributed by atoms with Crippen LogP contribution in [-0.4, -0.2) is 11.7 Å². The van der Waals surface area contributed by atoms with Gasteiger partial charge in [-0.1, -0.05) is 24.3 Å². The van der Waals surface area contributed by atoms with Gasteiger partial charge in [-0.05, 0) is 48.6 Å². The van der Waals surface area contributed by atoms with Crippen molar-refractivity contribution in [3.05, 3.63) is 67.3 Å². The largest absolute Gasteiger partial charge is 0.456 e. The van der Waals surface area contributed by atoms with Crippen molar-refractivity contribution in [2.24, 2.45) is 0 Å². The van der Waals surface area contributed by atoms with E-state index in [1.807, 2.05) is 54.6 Å². The highest BCUT2D eigenvalue weighted by Crippen LogP contribution is 2.28. The van der Waals surface area contributed by atoms with Crippen LogP contribution in [0.2, 0.25) is 0 Å². The summed E-state index contributed by atoms with van der Waals surface area (Å²) in [5.74, 6) is 0.861. The molecule has 110 valence electrons. The Kier molecular flexibility index (Phi) is 4.21. The van der Waals surface area contributed by atoms with Gasteiger partial charge < -0.3 is 15.1 Å². The van der Waals surface area contributed by atoms with Gasteiger partial charge in [0.25, 0.3) is 0 Å². The van der Waals surface area contributed by atoms with Crippen molar-refractivity contribution in [1.29, 1.82) is 0 Å². The molecule has 0 saturated carbocycles. The molecule has 0 fully saturated rings. The molecule has 3 nitrogen and oxygen atoms in total. The summed E-state index contributed by atoms with van der Waals surface area (Å²) in [4.78, 5) is 0. The fraction of sp³-hybridized carbons (Fsp3) is 0.0556. The first kappa shape index (κ1) is 14.4. The van der Waals surface area contributed by atoms with E-state index >= 15 is 0 Å². The molecular weight excluding hydrogens is 292 g/mol. The molecule has 0 atom stereocenters. The van der Waals surface area contributed by atoms with Crippen LogP contribution in [0, 0.1) is 0 Å². The van der Waals surface area contributed by atoms with E-state index in [1.165, 1.54) is 0 Å². The van der Waals surface area contributed by atoms with E-state index in [9.17, 15) is 0 Å². The average Bonchev–Trinajstić information content (AvgIpc) is 2.97. The predicted molar refractivity (Wildman–Crippen MR) is 96.1 cm³/mol. The minimum Gasteiger partial charge on any atom is -0.456 e. The summed E-state index contributed by atoms with van der Waals surface area (Å²) < 4.78 is 5.86. The number of nitrogens with one attached hydrogen (secondary N) is 2. The van der Waals surface area contributed by atoms with Crippen LogP contribution < -0.4 is 10.6 Å². The Labute approximate surface area is 134 Å². The zero-order valence-corrected chi connectivity index (χ0v) is 12.8. The van der Waals surface area contributed by atoms with E-state index in [-0.39, 0.29) is 0 Å². The minimum atomic E-state index is 0.580. The van der Waals surface area contributed by atoms with Gasteiger partial charge in [0, 0.05) is 23.2 Å². The second-order valence-corrected chi connectivity index (χ2v) is 5.26. The van der Waals surface area contributed by atoms with Gasteiger partial charge in [-0.25, -0.2) is 0 Å². The number of para-hydroxylation sites is 1. The summed E-state index contributed by atoms with van der Waals surface area (Å²) in [6.45, 7) is 4.28. The standard InChI is InChI=1S/C18H16N2OS/c1-2-11-19-18(22)20-15-9-7-13(8-10-15)17-12-14-5-3-4-6-16(14)21-17/h2-10,12H,1,11H2,(H2,19,20,22). The highest BCUT2D eigenvalue weighted by molar-refractivity contribution is 7.80. The predicted octanol–water partition coefficient (Wildman–Crippen LogP) is 4.57. The highest BCUT2D eigenvalue weighted by Gasteiger charge is 2.05. The maximum Gasteiger partial charge on any atom is 0.171 e. The van der Waals surface area contributed by atoms with Crippen molar-refractivity contribution < 1.29 is 4.42 Å². The topological polar surface area (TPSA) is 37.2 Å². The number of anilines is 1. The number of rotatable bonds is 4. The van der Waals surface area contributed by atoms with E-state index in [4.69, 9.17) is 16.6 Å². The van der Waals surface area contributed by atoms with E-state index in [0.29, 0.717) is 11.7 Å². The average molecular weight is 308 g/mol. The number of hydrogen-bond donors (Lipinski definition) is 2. The normalized spacial score (nSPS) is 10.4. The molecule has 0 aliphatic rings. The van der Waals surface area contributed by atoms with Gasteiger partial charge in [-0.2, -0.15) is 0 Å². The van der Waals surface area contributed by atoms with Gasteiger partial charge in [-0.3, -0.25) is 0 Å². The molecule has 0 spiro atoms. The third-order valence-corrected chi connectivity index (χ3v) is 3.51. The molecule has 3 aromatic rings. The van der Waals surface area contributed by atoms with Gasteiger partial charge in [0.05, 0.1) is 0 Å². The number of hydrogen-bond acceptors (Lipinski definition) is 2. The van der Waals surface area contributed by atoms with Crippen LogP contribution in [0.3, 0.4) is 0 Å². The Morgan fingerprint density at radius 3 is 2.64 bits per heavy atom. The van der Waals surface area contributed by atoms with Crippen molar-refractivity contribution in [3.8, 4) is 11.3 Å². The van der Waals surface area contributed by atoms with Crippen molar-refractivity contribution in [2.45, 2.75) is 0 Å². The second kappa shape index (κ2) is 6.45. The molecule has 22 heavy (non-hydrogen) atoms. The highest BCUT2D eigenvalue weighted by atomic mass is 32.1. The maximum atomic E-state index is 5.86. The van der Waals surface area contributed by atoms with E-state index in [1.54, 1.807) is 6.08 Å². The van der Waals surface area contributed by atoms with Gasteiger partial charge in [-0.15, -0.1) is 6.58 Å². The Bertz CT molecular complexity index is 772. The molecule has 0 aliphatic carbocycles. The molecule has 1 aromatic heterocycles. The quantitative estimate of drug-likeness (QED) is 0.547. The van der Waals surface area contributed by atoms with E-state index in [2.05, 4.69) is 17.2 Å². The molecule has 0 aliphatic heterocycles. The lowest BCUT2D eigenvalue weighted by atomic mass is 10.1. The third kappa shape index (κ3) is 3.18.